The van der Waals surface area contributed by atoms with Crippen LogP contribution in [0.2, 0.25) is 0 Å². The third-order valence-electron chi connectivity index (χ3n) is 4.68. The number of methoxy groups -OCH3 is 1. The van der Waals surface area contributed by atoms with Gasteiger partial charge in [0.05, 0.1) is 23.7 Å². The summed E-state index contributed by atoms with van der Waals surface area (Å²) in [5.74, 6) is 0.579. The monoisotopic (exact) mass is 403 g/mol. The summed E-state index contributed by atoms with van der Waals surface area (Å²) in [6.07, 6.45) is 0. The summed E-state index contributed by atoms with van der Waals surface area (Å²) < 4.78 is 6.92. The number of ether oxygens (including phenoxy) is 1. The lowest BCUT2D eigenvalue weighted by molar-refractivity contribution is 0.0932. The summed E-state index contributed by atoms with van der Waals surface area (Å²) in [6, 6.07) is 23.1. The lowest BCUT2D eigenvalue weighted by Gasteiger charge is -2.15. The Kier molecular flexibility index (Phi) is 5.44. The second-order valence-corrected chi connectivity index (χ2v) is 7.56. The van der Waals surface area contributed by atoms with Gasteiger partial charge in [-0.2, -0.15) is 5.10 Å². The van der Waals surface area contributed by atoms with Crippen molar-refractivity contribution in [3.8, 4) is 22.0 Å². The van der Waals surface area contributed by atoms with Crippen molar-refractivity contribution >= 4 is 17.2 Å². The minimum Gasteiger partial charge on any atom is -0.497 e. The molecule has 0 saturated heterocycles. The summed E-state index contributed by atoms with van der Waals surface area (Å²) in [5, 5.41) is 9.79. The molecule has 2 heterocycles. The van der Waals surface area contributed by atoms with E-state index in [0.29, 0.717) is 5.69 Å². The van der Waals surface area contributed by atoms with E-state index in [0.717, 1.165) is 27.6 Å². The van der Waals surface area contributed by atoms with E-state index in [4.69, 9.17) is 9.84 Å². The number of benzene rings is 2. The number of nitrogens with one attached hydrogen (secondary N) is 1. The van der Waals surface area contributed by atoms with Gasteiger partial charge in [-0.25, -0.2) is 4.68 Å². The fourth-order valence-corrected chi connectivity index (χ4v) is 3.78. The van der Waals surface area contributed by atoms with Crippen molar-refractivity contribution in [2.75, 3.05) is 7.11 Å². The van der Waals surface area contributed by atoms with Crippen LogP contribution >= 0.6 is 11.3 Å². The van der Waals surface area contributed by atoms with Gasteiger partial charge in [-0.1, -0.05) is 36.4 Å². The standard InChI is InChI=1S/C23H21N3O2S/c1-16(17-7-4-3-5-8-17)24-23(27)21-15-20(22-9-6-14-29-22)25-26(21)18-10-12-19(28-2)13-11-18/h3-16H,1-2H3,(H,24,27). The highest BCUT2D eigenvalue weighted by Gasteiger charge is 2.20. The quantitative estimate of drug-likeness (QED) is 0.487. The third-order valence-corrected chi connectivity index (χ3v) is 5.57. The van der Waals surface area contributed by atoms with Crippen molar-refractivity contribution in [3.63, 3.8) is 0 Å². The van der Waals surface area contributed by atoms with Gasteiger partial charge in [0.2, 0.25) is 0 Å². The highest BCUT2D eigenvalue weighted by atomic mass is 32.1. The van der Waals surface area contributed by atoms with E-state index in [1.54, 1.807) is 23.1 Å². The van der Waals surface area contributed by atoms with Crippen molar-refractivity contribution in [1.82, 2.24) is 15.1 Å². The summed E-state index contributed by atoms with van der Waals surface area (Å²) in [4.78, 5) is 14.2. The maximum Gasteiger partial charge on any atom is 0.270 e. The van der Waals surface area contributed by atoms with Gasteiger partial charge >= 0.3 is 0 Å². The minimum absolute atomic E-state index is 0.117. The number of nitrogens with zero attached hydrogens (tertiary/aromatic N) is 2. The van der Waals surface area contributed by atoms with Crippen LogP contribution in [0.3, 0.4) is 0 Å². The molecule has 0 saturated carbocycles. The Morgan fingerprint density at radius 1 is 1.07 bits per heavy atom. The van der Waals surface area contributed by atoms with Gasteiger partial charge in [-0.05, 0) is 54.3 Å². The summed E-state index contributed by atoms with van der Waals surface area (Å²) in [6.45, 7) is 1.97. The van der Waals surface area contributed by atoms with Crippen molar-refractivity contribution in [3.05, 3.63) is 89.4 Å². The van der Waals surface area contributed by atoms with E-state index in [2.05, 4.69) is 5.32 Å². The van der Waals surface area contributed by atoms with Crippen molar-refractivity contribution < 1.29 is 9.53 Å². The molecule has 4 aromatic rings. The number of carbonyl (C=O) groups excluding carboxylic acids is 1. The Morgan fingerprint density at radius 3 is 2.48 bits per heavy atom. The average Bonchev–Trinajstić information content (AvgIpc) is 3.44. The van der Waals surface area contributed by atoms with Crippen LogP contribution in [0.5, 0.6) is 5.75 Å². The average molecular weight is 404 g/mol. The van der Waals surface area contributed by atoms with Crippen molar-refractivity contribution in [1.29, 1.82) is 0 Å². The molecule has 0 bridgehead atoms. The van der Waals surface area contributed by atoms with E-state index >= 15 is 0 Å². The van der Waals surface area contributed by atoms with Gasteiger partial charge in [0, 0.05) is 0 Å². The lowest BCUT2D eigenvalue weighted by Crippen LogP contribution is -2.28. The van der Waals surface area contributed by atoms with Crippen LogP contribution in [0.15, 0.2) is 78.2 Å². The summed E-state index contributed by atoms with van der Waals surface area (Å²) in [7, 11) is 1.63. The fourth-order valence-electron chi connectivity index (χ4n) is 3.10. The molecule has 0 spiro atoms. The smallest absolute Gasteiger partial charge is 0.270 e. The number of carbonyl (C=O) groups is 1. The third kappa shape index (κ3) is 4.07. The van der Waals surface area contributed by atoms with Crippen LogP contribution in [0, 0.1) is 0 Å². The number of amides is 1. The second-order valence-electron chi connectivity index (χ2n) is 6.61. The van der Waals surface area contributed by atoms with Gasteiger partial charge < -0.3 is 10.1 Å². The van der Waals surface area contributed by atoms with Crippen molar-refractivity contribution in [2.45, 2.75) is 13.0 Å². The highest BCUT2D eigenvalue weighted by molar-refractivity contribution is 7.13. The molecule has 0 fully saturated rings. The Hall–Kier alpha value is -3.38. The zero-order valence-electron chi connectivity index (χ0n) is 16.2. The molecular formula is C23H21N3O2S. The molecule has 0 radical (unpaired) electrons. The van der Waals surface area contributed by atoms with Gasteiger partial charge in [0.15, 0.2) is 0 Å². The summed E-state index contributed by atoms with van der Waals surface area (Å²) in [5.41, 5.74) is 3.11. The molecule has 6 heteroatoms. The molecule has 2 aromatic carbocycles. The first kappa shape index (κ1) is 19.0. The van der Waals surface area contributed by atoms with E-state index in [1.165, 1.54) is 0 Å². The Morgan fingerprint density at radius 2 is 1.83 bits per heavy atom. The van der Waals surface area contributed by atoms with Crippen LogP contribution in [0.1, 0.15) is 29.0 Å². The second kappa shape index (κ2) is 8.32. The molecule has 5 nitrogen and oxygen atoms in total. The molecule has 1 amide bonds. The molecule has 29 heavy (non-hydrogen) atoms. The largest absolute Gasteiger partial charge is 0.497 e. The van der Waals surface area contributed by atoms with Crippen LogP contribution in [-0.2, 0) is 0 Å². The van der Waals surface area contributed by atoms with Gasteiger partial charge in [-0.3, -0.25) is 4.79 Å². The number of aromatic nitrogens is 2. The first-order valence-electron chi connectivity index (χ1n) is 9.30. The number of hydrogen-bond acceptors (Lipinski definition) is 4. The van der Waals surface area contributed by atoms with E-state index in [1.807, 2.05) is 85.1 Å². The first-order chi connectivity index (χ1) is 14.2. The molecule has 2 aromatic heterocycles. The molecule has 0 aliphatic rings. The molecule has 1 atom stereocenters. The van der Waals surface area contributed by atoms with Gasteiger partial charge in [0.25, 0.3) is 5.91 Å². The minimum atomic E-state index is -0.174. The molecular weight excluding hydrogens is 382 g/mol. The predicted octanol–water partition coefficient (Wildman–Crippen LogP) is 5.10. The van der Waals surface area contributed by atoms with E-state index in [9.17, 15) is 4.79 Å². The topological polar surface area (TPSA) is 56.2 Å². The fraction of sp³-hybridized carbons (Fsp3) is 0.130. The molecule has 0 aliphatic carbocycles. The van der Waals surface area contributed by atoms with Crippen LogP contribution in [0.25, 0.3) is 16.3 Å². The van der Waals surface area contributed by atoms with Gasteiger partial charge in [-0.15, -0.1) is 11.3 Å². The lowest BCUT2D eigenvalue weighted by atomic mass is 10.1. The maximum atomic E-state index is 13.1. The number of hydrogen-bond donors (Lipinski definition) is 1. The van der Waals surface area contributed by atoms with E-state index in [-0.39, 0.29) is 11.9 Å². The zero-order chi connectivity index (χ0) is 20.2. The molecule has 146 valence electrons. The molecule has 0 aliphatic heterocycles. The van der Waals surface area contributed by atoms with Crippen molar-refractivity contribution in [2.24, 2.45) is 0 Å². The zero-order valence-corrected chi connectivity index (χ0v) is 17.0. The molecule has 4 rings (SSSR count). The SMILES string of the molecule is COc1ccc(-n2nc(-c3cccs3)cc2C(=O)NC(C)c2ccccc2)cc1. The normalized spacial score (nSPS) is 11.8. The molecule has 1 unspecified atom stereocenters. The Balaban J connectivity index is 1.69. The maximum absolute atomic E-state index is 13.1. The van der Waals surface area contributed by atoms with Crippen LogP contribution in [0.4, 0.5) is 0 Å². The van der Waals surface area contributed by atoms with Gasteiger partial charge in [0.1, 0.15) is 17.1 Å². The number of thiophene rings is 1. The molecule has 1 N–H and O–H groups in total. The summed E-state index contributed by atoms with van der Waals surface area (Å²) >= 11 is 1.59. The number of rotatable bonds is 6. The highest BCUT2D eigenvalue weighted by Crippen LogP contribution is 2.27. The Bertz CT molecular complexity index is 1090. The Labute approximate surface area is 173 Å². The first-order valence-corrected chi connectivity index (χ1v) is 10.2. The van der Waals surface area contributed by atoms with E-state index < -0.39 is 0 Å². The van der Waals surface area contributed by atoms with Crippen LogP contribution in [-0.4, -0.2) is 22.8 Å². The van der Waals surface area contributed by atoms with Crippen LogP contribution < -0.4 is 10.1 Å². The predicted molar refractivity (Wildman–Crippen MR) is 116 cm³/mol.